The molecule has 0 spiro atoms. The fraction of sp³-hybridized carbons (Fsp3) is 0.100. The summed E-state index contributed by atoms with van der Waals surface area (Å²) >= 11 is 0. The molecular formula is C10H12N4O2S. The number of rotatable bonds is 4. The van der Waals surface area contributed by atoms with Gasteiger partial charge in [0.25, 0.3) is 10.0 Å². The Labute approximate surface area is 98.9 Å². The molecule has 0 amide bonds. The molecule has 0 fully saturated rings. The molecule has 0 atom stereocenters. The summed E-state index contributed by atoms with van der Waals surface area (Å²) in [5.74, 6) is 0. The summed E-state index contributed by atoms with van der Waals surface area (Å²) < 4.78 is 26.3. The molecule has 4 N–H and O–H groups in total. The highest BCUT2D eigenvalue weighted by atomic mass is 32.2. The molecule has 17 heavy (non-hydrogen) atoms. The summed E-state index contributed by atoms with van der Waals surface area (Å²) in [5.41, 5.74) is 6.75. The minimum absolute atomic E-state index is 0.0873. The lowest BCUT2D eigenvalue weighted by molar-refractivity contribution is 0.601. The van der Waals surface area contributed by atoms with Crippen LogP contribution in [-0.2, 0) is 16.6 Å². The molecule has 1 aromatic heterocycles. The smallest absolute Gasteiger partial charge is 0.265 e. The zero-order chi connectivity index (χ0) is 12.3. The van der Waals surface area contributed by atoms with Crippen molar-refractivity contribution >= 4 is 15.7 Å². The Kier molecular flexibility index (Phi) is 3.12. The summed E-state index contributed by atoms with van der Waals surface area (Å²) in [6.07, 6.45) is 2.56. The summed E-state index contributed by atoms with van der Waals surface area (Å²) in [6, 6.07) is 6.98. The van der Waals surface area contributed by atoms with Gasteiger partial charge in [-0.2, -0.15) is 5.10 Å². The number of H-pyrrole nitrogens is 1. The number of nitrogens with two attached hydrogens (primary N) is 1. The van der Waals surface area contributed by atoms with E-state index in [4.69, 9.17) is 5.73 Å². The highest BCUT2D eigenvalue weighted by molar-refractivity contribution is 7.92. The monoisotopic (exact) mass is 252 g/mol. The summed E-state index contributed by atoms with van der Waals surface area (Å²) in [5, 5.41) is 6.06. The molecular weight excluding hydrogens is 240 g/mol. The molecule has 0 aliphatic heterocycles. The third kappa shape index (κ3) is 2.45. The number of nitrogens with one attached hydrogen (secondary N) is 2. The van der Waals surface area contributed by atoms with E-state index in [0.29, 0.717) is 5.69 Å². The van der Waals surface area contributed by atoms with Gasteiger partial charge in [0.2, 0.25) is 0 Å². The van der Waals surface area contributed by atoms with Gasteiger partial charge in [-0.05, 0) is 11.6 Å². The number of aromatic amines is 1. The van der Waals surface area contributed by atoms with Gasteiger partial charge in [-0.1, -0.05) is 18.2 Å². The molecule has 2 rings (SSSR count). The van der Waals surface area contributed by atoms with Gasteiger partial charge in [0.15, 0.2) is 0 Å². The molecule has 2 aromatic rings. The van der Waals surface area contributed by atoms with E-state index < -0.39 is 10.0 Å². The molecule has 1 heterocycles. The van der Waals surface area contributed by atoms with Gasteiger partial charge in [0.05, 0.1) is 11.9 Å². The molecule has 0 aliphatic carbocycles. The van der Waals surface area contributed by atoms with Gasteiger partial charge in [-0.3, -0.25) is 9.82 Å². The van der Waals surface area contributed by atoms with Crippen molar-refractivity contribution in [2.45, 2.75) is 11.4 Å². The minimum Gasteiger partial charge on any atom is -0.326 e. The molecule has 6 nitrogen and oxygen atoms in total. The maximum atomic E-state index is 11.9. The first-order valence-electron chi connectivity index (χ1n) is 4.93. The van der Waals surface area contributed by atoms with Gasteiger partial charge in [0, 0.05) is 12.7 Å². The van der Waals surface area contributed by atoms with E-state index in [1.807, 2.05) is 0 Å². The molecule has 0 aliphatic rings. The summed E-state index contributed by atoms with van der Waals surface area (Å²) in [4.78, 5) is 0.0873. The predicted molar refractivity (Wildman–Crippen MR) is 63.7 cm³/mol. The molecule has 0 unspecified atom stereocenters. The van der Waals surface area contributed by atoms with Crippen molar-refractivity contribution in [3.8, 4) is 0 Å². The van der Waals surface area contributed by atoms with Gasteiger partial charge in [-0.15, -0.1) is 0 Å². The zero-order valence-corrected chi connectivity index (χ0v) is 9.74. The zero-order valence-electron chi connectivity index (χ0n) is 8.92. The topological polar surface area (TPSA) is 101 Å². The van der Waals surface area contributed by atoms with Crippen LogP contribution in [-0.4, -0.2) is 18.6 Å². The van der Waals surface area contributed by atoms with Crippen molar-refractivity contribution in [3.05, 3.63) is 42.2 Å². The van der Waals surface area contributed by atoms with Crippen LogP contribution in [0.2, 0.25) is 0 Å². The van der Waals surface area contributed by atoms with Gasteiger partial charge >= 0.3 is 0 Å². The van der Waals surface area contributed by atoms with Crippen molar-refractivity contribution in [1.29, 1.82) is 0 Å². The van der Waals surface area contributed by atoms with Crippen LogP contribution in [0.25, 0.3) is 0 Å². The maximum Gasteiger partial charge on any atom is 0.265 e. The van der Waals surface area contributed by atoms with Crippen molar-refractivity contribution in [2.75, 3.05) is 4.72 Å². The van der Waals surface area contributed by atoms with Crippen LogP contribution in [0, 0.1) is 0 Å². The van der Waals surface area contributed by atoms with E-state index in [0.717, 1.165) is 5.56 Å². The van der Waals surface area contributed by atoms with Crippen LogP contribution >= 0.6 is 0 Å². The SMILES string of the molecule is NCc1ccccc1NS(=O)(=O)c1cn[nH]c1. The number of benzene rings is 1. The quantitative estimate of drug-likeness (QED) is 0.744. The van der Waals surface area contributed by atoms with E-state index >= 15 is 0 Å². The Balaban J connectivity index is 2.33. The largest absolute Gasteiger partial charge is 0.326 e. The predicted octanol–water partition coefficient (Wildman–Crippen LogP) is 0.669. The highest BCUT2D eigenvalue weighted by Gasteiger charge is 2.16. The van der Waals surface area contributed by atoms with Gasteiger partial charge < -0.3 is 5.73 Å². The molecule has 90 valence electrons. The lowest BCUT2D eigenvalue weighted by atomic mass is 10.2. The number of sulfonamides is 1. The van der Waals surface area contributed by atoms with Crippen molar-refractivity contribution in [2.24, 2.45) is 5.73 Å². The van der Waals surface area contributed by atoms with Crippen molar-refractivity contribution in [1.82, 2.24) is 10.2 Å². The molecule has 0 radical (unpaired) electrons. The van der Waals surface area contributed by atoms with Crippen LogP contribution in [0.3, 0.4) is 0 Å². The lowest BCUT2D eigenvalue weighted by Gasteiger charge is -2.09. The fourth-order valence-corrected chi connectivity index (χ4v) is 2.39. The normalized spacial score (nSPS) is 11.4. The number of para-hydroxylation sites is 1. The van der Waals surface area contributed by atoms with Gasteiger partial charge in [-0.25, -0.2) is 8.42 Å². The molecule has 0 saturated heterocycles. The summed E-state index contributed by atoms with van der Waals surface area (Å²) in [7, 11) is -3.60. The molecule has 7 heteroatoms. The van der Waals surface area contributed by atoms with Crippen molar-refractivity contribution < 1.29 is 8.42 Å². The molecule has 1 aromatic carbocycles. The second-order valence-corrected chi connectivity index (χ2v) is 5.08. The van der Waals surface area contributed by atoms with Crippen molar-refractivity contribution in [3.63, 3.8) is 0 Å². The minimum atomic E-state index is -3.60. The maximum absolute atomic E-state index is 11.9. The first-order valence-corrected chi connectivity index (χ1v) is 6.41. The second kappa shape index (κ2) is 4.56. The fourth-order valence-electron chi connectivity index (χ4n) is 1.39. The Morgan fingerprint density at radius 1 is 1.35 bits per heavy atom. The molecule has 0 bridgehead atoms. The van der Waals surface area contributed by atoms with Crippen LogP contribution in [0.15, 0.2) is 41.6 Å². The average Bonchev–Trinajstić information content (AvgIpc) is 2.83. The number of aromatic nitrogens is 2. The first-order chi connectivity index (χ1) is 8.13. The third-order valence-electron chi connectivity index (χ3n) is 2.27. The summed E-state index contributed by atoms with van der Waals surface area (Å²) in [6.45, 7) is 0.268. The highest BCUT2D eigenvalue weighted by Crippen LogP contribution is 2.18. The second-order valence-electron chi connectivity index (χ2n) is 3.40. The van der Waals surface area contributed by atoms with E-state index in [1.54, 1.807) is 24.3 Å². The number of hydrogen-bond acceptors (Lipinski definition) is 4. The number of anilines is 1. The van der Waals surface area contributed by atoms with Crippen LogP contribution in [0.4, 0.5) is 5.69 Å². The number of nitrogens with zero attached hydrogens (tertiary/aromatic N) is 1. The Hall–Kier alpha value is -1.86. The lowest BCUT2D eigenvalue weighted by Crippen LogP contribution is -2.14. The van der Waals surface area contributed by atoms with E-state index in [2.05, 4.69) is 14.9 Å². The van der Waals surface area contributed by atoms with E-state index in [-0.39, 0.29) is 11.4 Å². The standard InChI is InChI=1S/C10H12N4O2S/c11-5-8-3-1-2-4-10(8)14-17(15,16)9-6-12-13-7-9/h1-4,6-7,14H,5,11H2,(H,12,13). The Bertz CT molecular complexity index is 593. The average molecular weight is 252 g/mol. The van der Waals surface area contributed by atoms with Gasteiger partial charge in [0.1, 0.15) is 4.90 Å². The Morgan fingerprint density at radius 3 is 2.76 bits per heavy atom. The van der Waals surface area contributed by atoms with Crippen LogP contribution in [0.5, 0.6) is 0 Å². The van der Waals surface area contributed by atoms with Crippen LogP contribution in [0.1, 0.15) is 5.56 Å². The first kappa shape index (κ1) is 11.6. The van der Waals surface area contributed by atoms with Crippen LogP contribution < -0.4 is 10.5 Å². The number of hydrogen-bond donors (Lipinski definition) is 3. The Morgan fingerprint density at radius 2 is 2.12 bits per heavy atom. The van der Waals surface area contributed by atoms with E-state index in [9.17, 15) is 8.42 Å². The van der Waals surface area contributed by atoms with E-state index in [1.165, 1.54) is 12.4 Å². The molecule has 0 saturated carbocycles. The third-order valence-corrected chi connectivity index (χ3v) is 3.60.